The highest BCUT2D eigenvalue weighted by molar-refractivity contribution is 9.09. The fourth-order valence-corrected chi connectivity index (χ4v) is 3.83. The van der Waals surface area contributed by atoms with Crippen molar-refractivity contribution in [1.29, 1.82) is 0 Å². The molecule has 0 N–H and O–H groups in total. The normalized spacial score (nSPS) is 14.2. The number of halogens is 1. The zero-order valence-corrected chi connectivity index (χ0v) is 12.0. The number of thioether (sulfide) groups is 1. The maximum atomic E-state index is 3.95. The van der Waals surface area contributed by atoms with E-state index in [4.69, 9.17) is 0 Å². The van der Waals surface area contributed by atoms with E-state index in [1.807, 2.05) is 7.05 Å². The van der Waals surface area contributed by atoms with Gasteiger partial charge in [0.2, 0.25) is 5.16 Å². The molecule has 1 heterocycles. The molecule has 1 aromatic rings. The maximum Gasteiger partial charge on any atom is 0.209 e. The number of tetrazole rings is 1. The van der Waals surface area contributed by atoms with Gasteiger partial charge in [0, 0.05) is 18.1 Å². The maximum absolute atomic E-state index is 3.95. The van der Waals surface area contributed by atoms with Crippen LogP contribution < -0.4 is 0 Å². The van der Waals surface area contributed by atoms with Crippen molar-refractivity contribution in [3.05, 3.63) is 0 Å². The molecule has 15 heavy (non-hydrogen) atoms. The third-order valence-corrected chi connectivity index (χ3v) is 4.36. The lowest BCUT2D eigenvalue weighted by Crippen LogP contribution is -2.24. The summed E-state index contributed by atoms with van der Waals surface area (Å²) < 4.78 is 1.71. The predicted molar refractivity (Wildman–Crippen MR) is 66.3 cm³/mol. The Labute approximate surface area is 103 Å². The van der Waals surface area contributed by atoms with Crippen LogP contribution in [-0.4, -0.2) is 31.3 Å². The first-order chi connectivity index (χ1) is 6.95. The van der Waals surface area contributed by atoms with Gasteiger partial charge in [0.1, 0.15) is 0 Å². The van der Waals surface area contributed by atoms with E-state index in [2.05, 4.69) is 52.2 Å². The van der Waals surface area contributed by atoms with Gasteiger partial charge < -0.3 is 0 Å². The van der Waals surface area contributed by atoms with E-state index in [-0.39, 0.29) is 0 Å². The summed E-state index contributed by atoms with van der Waals surface area (Å²) in [5.74, 6) is 1.64. The van der Waals surface area contributed by atoms with E-state index in [1.54, 1.807) is 16.4 Å². The van der Waals surface area contributed by atoms with E-state index >= 15 is 0 Å². The minimum absolute atomic E-state index is 0.308. The van der Waals surface area contributed by atoms with Crippen LogP contribution in [0.5, 0.6) is 0 Å². The van der Waals surface area contributed by atoms with Crippen molar-refractivity contribution in [1.82, 2.24) is 20.2 Å². The highest BCUT2D eigenvalue weighted by Gasteiger charge is 2.24. The Morgan fingerprint density at radius 1 is 1.47 bits per heavy atom. The van der Waals surface area contributed by atoms with E-state index in [0.29, 0.717) is 11.3 Å². The van der Waals surface area contributed by atoms with Crippen LogP contribution in [0.1, 0.15) is 20.8 Å². The number of nitrogens with zero attached hydrogens (tertiary/aromatic N) is 4. The van der Waals surface area contributed by atoms with Crippen molar-refractivity contribution in [2.24, 2.45) is 18.4 Å². The number of rotatable bonds is 4. The molecule has 0 spiro atoms. The molecule has 0 saturated heterocycles. The van der Waals surface area contributed by atoms with Crippen LogP contribution in [0.15, 0.2) is 5.16 Å². The minimum Gasteiger partial charge on any atom is -0.224 e. The van der Waals surface area contributed by atoms with Crippen molar-refractivity contribution >= 4 is 27.7 Å². The summed E-state index contributed by atoms with van der Waals surface area (Å²) in [6.07, 6.45) is 0. The molecular formula is C9H17BrN4S. The van der Waals surface area contributed by atoms with E-state index in [9.17, 15) is 0 Å². The molecule has 1 rings (SSSR count). The molecule has 6 heteroatoms. The molecule has 0 amide bonds. The molecule has 0 radical (unpaired) electrons. The first-order valence-corrected chi connectivity index (χ1v) is 6.97. The molecule has 0 aliphatic rings. The zero-order chi connectivity index (χ0) is 11.5. The summed E-state index contributed by atoms with van der Waals surface area (Å²) in [5.41, 5.74) is 0.308. The Balaban J connectivity index is 2.52. The van der Waals surface area contributed by atoms with Crippen LogP contribution in [0, 0.1) is 11.3 Å². The largest absolute Gasteiger partial charge is 0.224 e. The quantitative estimate of drug-likeness (QED) is 0.631. The Bertz CT molecular complexity index is 307. The van der Waals surface area contributed by atoms with Gasteiger partial charge in [-0.25, -0.2) is 4.68 Å². The first kappa shape index (κ1) is 13.0. The molecule has 86 valence electrons. The van der Waals surface area contributed by atoms with Crippen molar-refractivity contribution < 1.29 is 0 Å². The standard InChI is InChI=1S/C9H17BrN4S/c1-9(2,3)7(5-10)6-15-8-11-12-13-14(8)4/h7H,5-6H2,1-4H3. The van der Waals surface area contributed by atoms with E-state index in [0.717, 1.165) is 16.2 Å². The lowest BCUT2D eigenvalue weighted by Gasteiger charge is -2.28. The Hall–Kier alpha value is -0.100. The lowest BCUT2D eigenvalue weighted by molar-refractivity contribution is 0.295. The van der Waals surface area contributed by atoms with Gasteiger partial charge in [-0.3, -0.25) is 0 Å². The van der Waals surface area contributed by atoms with Crippen LogP contribution in [-0.2, 0) is 7.05 Å². The molecule has 0 aliphatic heterocycles. The number of alkyl halides is 1. The molecular weight excluding hydrogens is 276 g/mol. The van der Waals surface area contributed by atoms with Crippen molar-refractivity contribution in [2.45, 2.75) is 25.9 Å². The van der Waals surface area contributed by atoms with Crippen LogP contribution >= 0.6 is 27.7 Å². The molecule has 1 aromatic heterocycles. The third kappa shape index (κ3) is 3.75. The molecule has 0 aliphatic carbocycles. The van der Waals surface area contributed by atoms with Crippen LogP contribution in [0.25, 0.3) is 0 Å². The zero-order valence-electron chi connectivity index (χ0n) is 9.57. The number of hydrogen-bond acceptors (Lipinski definition) is 4. The highest BCUT2D eigenvalue weighted by atomic mass is 79.9. The fourth-order valence-electron chi connectivity index (χ4n) is 1.04. The molecule has 0 fully saturated rings. The van der Waals surface area contributed by atoms with Gasteiger partial charge in [0.05, 0.1) is 0 Å². The summed E-state index contributed by atoms with van der Waals surface area (Å²) in [5, 5.41) is 13.3. The molecule has 0 aromatic carbocycles. The van der Waals surface area contributed by atoms with Gasteiger partial charge in [0.25, 0.3) is 0 Å². The lowest BCUT2D eigenvalue weighted by atomic mass is 9.83. The van der Waals surface area contributed by atoms with E-state index in [1.165, 1.54) is 0 Å². The minimum atomic E-state index is 0.308. The Morgan fingerprint density at radius 3 is 2.53 bits per heavy atom. The van der Waals surface area contributed by atoms with Crippen molar-refractivity contribution in [3.8, 4) is 0 Å². The smallest absolute Gasteiger partial charge is 0.209 e. The predicted octanol–water partition coefficient (Wildman–Crippen LogP) is 2.36. The molecule has 4 nitrogen and oxygen atoms in total. The van der Waals surface area contributed by atoms with E-state index < -0.39 is 0 Å². The fraction of sp³-hybridized carbons (Fsp3) is 0.889. The molecule has 0 bridgehead atoms. The summed E-state index contributed by atoms with van der Waals surface area (Å²) in [7, 11) is 1.86. The summed E-state index contributed by atoms with van der Waals surface area (Å²) >= 11 is 5.27. The Kier molecular flexibility index (Phi) is 4.58. The van der Waals surface area contributed by atoms with Crippen LogP contribution in [0.2, 0.25) is 0 Å². The number of aryl methyl sites for hydroxylation is 1. The molecule has 1 atom stereocenters. The van der Waals surface area contributed by atoms with Crippen LogP contribution in [0.4, 0.5) is 0 Å². The van der Waals surface area contributed by atoms with Gasteiger partial charge >= 0.3 is 0 Å². The molecule has 1 unspecified atom stereocenters. The molecule has 0 saturated carbocycles. The third-order valence-electron chi connectivity index (χ3n) is 2.41. The van der Waals surface area contributed by atoms with Gasteiger partial charge in [0.15, 0.2) is 0 Å². The van der Waals surface area contributed by atoms with Gasteiger partial charge in [-0.15, -0.1) is 5.10 Å². The van der Waals surface area contributed by atoms with Crippen LogP contribution in [0.3, 0.4) is 0 Å². The average Bonchev–Trinajstić information content (AvgIpc) is 2.50. The average molecular weight is 293 g/mol. The second-order valence-electron chi connectivity index (χ2n) is 4.61. The second-order valence-corrected chi connectivity index (χ2v) is 6.25. The summed E-state index contributed by atoms with van der Waals surface area (Å²) in [4.78, 5) is 0. The highest BCUT2D eigenvalue weighted by Crippen LogP contribution is 2.31. The monoisotopic (exact) mass is 292 g/mol. The SMILES string of the molecule is Cn1nnnc1SCC(CBr)C(C)(C)C. The van der Waals surface area contributed by atoms with Crippen molar-refractivity contribution in [3.63, 3.8) is 0 Å². The van der Waals surface area contributed by atoms with Gasteiger partial charge in [-0.1, -0.05) is 48.5 Å². The van der Waals surface area contributed by atoms with Gasteiger partial charge in [-0.05, 0) is 21.8 Å². The first-order valence-electron chi connectivity index (χ1n) is 4.86. The number of aromatic nitrogens is 4. The number of hydrogen-bond donors (Lipinski definition) is 0. The Morgan fingerprint density at radius 2 is 2.13 bits per heavy atom. The topological polar surface area (TPSA) is 43.6 Å². The van der Waals surface area contributed by atoms with Gasteiger partial charge in [-0.2, -0.15) is 0 Å². The van der Waals surface area contributed by atoms with Crippen molar-refractivity contribution in [2.75, 3.05) is 11.1 Å². The summed E-state index contributed by atoms with van der Waals surface area (Å²) in [6.45, 7) is 6.78. The second kappa shape index (κ2) is 5.30. The summed E-state index contributed by atoms with van der Waals surface area (Å²) in [6, 6.07) is 0.